The fourth-order valence-electron chi connectivity index (χ4n) is 1.50. The largest absolute Gasteiger partial charge is 0.481 e. The Bertz CT molecular complexity index is 390. The average Bonchev–Trinajstić information content (AvgIpc) is 2.27. The van der Waals surface area contributed by atoms with Crippen LogP contribution in [0.3, 0.4) is 0 Å². The number of carbonyl (C=O) groups is 2. The Kier molecular flexibility index (Phi) is 4.63. The standard InChI is InChI=1S/C12H16N2O3/c1-8(2)10(12(16)17)11(15)14-7-9-3-5-13-6-4-9/h3-6,8,10H,7H2,1-2H3,(H,14,15)(H,16,17). The molecule has 0 saturated heterocycles. The molecule has 1 unspecified atom stereocenters. The Morgan fingerprint density at radius 1 is 1.35 bits per heavy atom. The van der Waals surface area contributed by atoms with E-state index in [0.29, 0.717) is 6.54 Å². The molecule has 5 heteroatoms. The molecule has 0 aliphatic rings. The van der Waals surface area contributed by atoms with Gasteiger partial charge in [-0.1, -0.05) is 13.8 Å². The minimum absolute atomic E-state index is 0.232. The van der Waals surface area contributed by atoms with Crippen LogP contribution in [0.15, 0.2) is 24.5 Å². The number of hydrogen-bond donors (Lipinski definition) is 2. The topological polar surface area (TPSA) is 79.3 Å². The van der Waals surface area contributed by atoms with E-state index in [4.69, 9.17) is 5.11 Å². The van der Waals surface area contributed by atoms with Crippen molar-refractivity contribution in [2.24, 2.45) is 11.8 Å². The van der Waals surface area contributed by atoms with Crippen LogP contribution in [0.4, 0.5) is 0 Å². The van der Waals surface area contributed by atoms with Gasteiger partial charge in [0.25, 0.3) is 0 Å². The summed E-state index contributed by atoms with van der Waals surface area (Å²) in [5.74, 6) is -2.78. The molecule has 92 valence electrons. The quantitative estimate of drug-likeness (QED) is 0.749. The number of aliphatic carboxylic acids is 1. The Hall–Kier alpha value is -1.91. The molecule has 0 aliphatic heterocycles. The maximum Gasteiger partial charge on any atom is 0.316 e. The lowest BCUT2D eigenvalue weighted by Crippen LogP contribution is -2.38. The number of carboxylic acids is 1. The monoisotopic (exact) mass is 236 g/mol. The third-order valence-corrected chi connectivity index (χ3v) is 2.43. The van der Waals surface area contributed by atoms with Crippen molar-refractivity contribution in [3.63, 3.8) is 0 Å². The normalized spacial score (nSPS) is 12.2. The Labute approximate surface area is 99.9 Å². The molecule has 0 radical (unpaired) electrons. The van der Waals surface area contributed by atoms with E-state index in [2.05, 4.69) is 10.3 Å². The van der Waals surface area contributed by atoms with Gasteiger partial charge >= 0.3 is 5.97 Å². The van der Waals surface area contributed by atoms with Crippen LogP contribution < -0.4 is 5.32 Å². The number of pyridine rings is 1. The summed E-state index contributed by atoms with van der Waals surface area (Å²) in [4.78, 5) is 26.5. The summed E-state index contributed by atoms with van der Waals surface area (Å²) in [6.45, 7) is 3.74. The third-order valence-electron chi connectivity index (χ3n) is 2.43. The molecule has 0 bridgehead atoms. The van der Waals surface area contributed by atoms with Crippen LogP contribution in [0.1, 0.15) is 19.4 Å². The molecule has 0 fully saturated rings. The lowest BCUT2D eigenvalue weighted by molar-refractivity contribution is -0.148. The maximum absolute atomic E-state index is 11.7. The van der Waals surface area contributed by atoms with Crippen LogP contribution in [0.5, 0.6) is 0 Å². The van der Waals surface area contributed by atoms with Crippen LogP contribution in [0, 0.1) is 11.8 Å². The number of rotatable bonds is 5. The lowest BCUT2D eigenvalue weighted by atomic mass is 9.95. The van der Waals surface area contributed by atoms with Crippen molar-refractivity contribution in [2.45, 2.75) is 20.4 Å². The summed E-state index contributed by atoms with van der Waals surface area (Å²) in [6.07, 6.45) is 3.25. The van der Waals surface area contributed by atoms with Gasteiger partial charge in [-0.15, -0.1) is 0 Å². The van der Waals surface area contributed by atoms with Crippen molar-refractivity contribution in [3.8, 4) is 0 Å². The summed E-state index contributed by atoms with van der Waals surface area (Å²) in [5.41, 5.74) is 0.890. The van der Waals surface area contributed by atoms with Crippen molar-refractivity contribution in [3.05, 3.63) is 30.1 Å². The van der Waals surface area contributed by atoms with Gasteiger partial charge in [-0.25, -0.2) is 0 Å². The van der Waals surface area contributed by atoms with Crippen molar-refractivity contribution in [2.75, 3.05) is 0 Å². The second-order valence-electron chi connectivity index (χ2n) is 4.13. The van der Waals surface area contributed by atoms with E-state index in [-0.39, 0.29) is 5.92 Å². The first kappa shape index (κ1) is 13.2. The summed E-state index contributed by atoms with van der Waals surface area (Å²) in [7, 11) is 0. The van der Waals surface area contributed by atoms with E-state index in [1.807, 2.05) is 0 Å². The van der Waals surface area contributed by atoms with E-state index < -0.39 is 17.8 Å². The van der Waals surface area contributed by atoms with Crippen LogP contribution in [-0.4, -0.2) is 22.0 Å². The van der Waals surface area contributed by atoms with E-state index in [1.54, 1.807) is 38.4 Å². The van der Waals surface area contributed by atoms with Crippen LogP contribution in [0.25, 0.3) is 0 Å². The van der Waals surface area contributed by atoms with Gasteiger partial charge in [-0.3, -0.25) is 14.6 Å². The zero-order chi connectivity index (χ0) is 12.8. The van der Waals surface area contributed by atoms with E-state index in [0.717, 1.165) is 5.56 Å². The van der Waals surface area contributed by atoms with Crippen LogP contribution in [-0.2, 0) is 16.1 Å². The highest BCUT2D eigenvalue weighted by atomic mass is 16.4. The predicted molar refractivity (Wildman–Crippen MR) is 62.0 cm³/mol. The van der Waals surface area contributed by atoms with Gasteiger partial charge in [-0.2, -0.15) is 0 Å². The fourth-order valence-corrected chi connectivity index (χ4v) is 1.50. The van der Waals surface area contributed by atoms with Crippen molar-refractivity contribution >= 4 is 11.9 Å². The molecule has 0 aromatic carbocycles. The average molecular weight is 236 g/mol. The van der Waals surface area contributed by atoms with Gasteiger partial charge in [0.1, 0.15) is 5.92 Å². The Balaban J connectivity index is 2.57. The number of aromatic nitrogens is 1. The molecule has 1 rings (SSSR count). The van der Waals surface area contributed by atoms with E-state index in [9.17, 15) is 9.59 Å². The SMILES string of the molecule is CC(C)C(C(=O)O)C(=O)NCc1ccncc1. The molecule has 1 aromatic heterocycles. The maximum atomic E-state index is 11.7. The van der Waals surface area contributed by atoms with Gasteiger partial charge in [-0.05, 0) is 23.6 Å². The van der Waals surface area contributed by atoms with Gasteiger partial charge in [0.2, 0.25) is 5.91 Å². The molecule has 0 spiro atoms. The molecule has 0 saturated carbocycles. The summed E-state index contributed by atoms with van der Waals surface area (Å²) >= 11 is 0. The highest BCUT2D eigenvalue weighted by molar-refractivity contribution is 5.97. The molecule has 5 nitrogen and oxygen atoms in total. The lowest BCUT2D eigenvalue weighted by Gasteiger charge is -2.15. The highest BCUT2D eigenvalue weighted by Crippen LogP contribution is 2.11. The first-order valence-corrected chi connectivity index (χ1v) is 5.41. The molecular weight excluding hydrogens is 220 g/mol. The summed E-state index contributed by atoms with van der Waals surface area (Å²) < 4.78 is 0. The summed E-state index contributed by atoms with van der Waals surface area (Å²) in [6, 6.07) is 3.54. The summed E-state index contributed by atoms with van der Waals surface area (Å²) in [5, 5.41) is 11.6. The second-order valence-corrected chi connectivity index (χ2v) is 4.13. The number of carbonyl (C=O) groups excluding carboxylic acids is 1. The van der Waals surface area contributed by atoms with Gasteiger partial charge in [0.15, 0.2) is 0 Å². The molecule has 1 atom stereocenters. The first-order valence-electron chi connectivity index (χ1n) is 5.41. The minimum Gasteiger partial charge on any atom is -0.481 e. The van der Waals surface area contributed by atoms with Gasteiger partial charge in [0, 0.05) is 18.9 Å². The van der Waals surface area contributed by atoms with Crippen molar-refractivity contribution in [1.29, 1.82) is 0 Å². The first-order chi connectivity index (χ1) is 8.02. The van der Waals surface area contributed by atoms with Crippen molar-refractivity contribution in [1.82, 2.24) is 10.3 Å². The van der Waals surface area contributed by atoms with Crippen LogP contribution >= 0.6 is 0 Å². The molecule has 1 aromatic rings. The number of carboxylic acid groups (broad SMARTS) is 1. The zero-order valence-electron chi connectivity index (χ0n) is 9.88. The molecule has 1 amide bonds. The van der Waals surface area contributed by atoms with Gasteiger partial charge < -0.3 is 10.4 Å². The highest BCUT2D eigenvalue weighted by Gasteiger charge is 2.29. The molecule has 2 N–H and O–H groups in total. The number of nitrogens with zero attached hydrogens (tertiary/aromatic N) is 1. The van der Waals surface area contributed by atoms with E-state index >= 15 is 0 Å². The molecule has 17 heavy (non-hydrogen) atoms. The zero-order valence-corrected chi connectivity index (χ0v) is 9.88. The minimum atomic E-state index is -1.09. The van der Waals surface area contributed by atoms with Gasteiger partial charge in [0.05, 0.1) is 0 Å². The predicted octanol–water partition coefficient (Wildman–Crippen LogP) is 1.05. The Morgan fingerprint density at radius 3 is 2.41 bits per heavy atom. The number of amides is 1. The molecule has 0 aliphatic carbocycles. The fraction of sp³-hybridized carbons (Fsp3) is 0.417. The third kappa shape index (κ3) is 3.86. The molecular formula is C12H16N2O3. The number of hydrogen-bond acceptors (Lipinski definition) is 3. The van der Waals surface area contributed by atoms with E-state index in [1.165, 1.54) is 0 Å². The molecule has 1 heterocycles. The van der Waals surface area contributed by atoms with Crippen LogP contribution in [0.2, 0.25) is 0 Å². The Morgan fingerprint density at radius 2 is 1.94 bits per heavy atom. The second kappa shape index (κ2) is 5.98. The number of nitrogens with one attached hydrogen (secondary N) is 1. The van der Waals surface area contributed by atoms with Crippen molar-refractivity contribution < 1.29 is 14.7 Å². The smallest absolute Gasteiger partial charge is 0.316 e.